The van der Waals surface area contributed by atoms with Gasteiger partial charge in [-0.1, -0.05) is 25.5 Å². The molecule has 1 N–H and O–H groups in total. The minimum Gasteiger partial charge on any atom is -0.491 e. The van der Waals surface area contributed by atoms with Crippen molar-refractivity contribution in [1.29, 1.82) is 0 Å². The fourth-order valence-electron chi connectivity index (χ4n) is 1.58. The van der Waals surface area contributed by atoms with Crippen LogP contribution >= 0.6 is 0 Å². The van der Waals surface area contributed by atoms with Crippen LogP contribution in [0, 0.1) is 0 Å². The molecule has 1 aromatic carbocycles. The molecule has 0 fully saturated rings. The lowest BCUT2D eigenvalue weighted by Crippen LogP contribution is -2.16. The second-order valence-electron chi connectivity index (χ2n) is 4.14. The van der Waals surface area contributed by atoms with E-state index in [1.54, 1.807) is 7.11 Å². The van der Waals surface area contributed by atoms with Gasteiger partial charge in [-0.25, -0.2) is 0 Å². The molecular formula is C14H22O3. The van der Waals surface area contributed by atoms with E-state index in [-0.39, 0.29) is 6.10 Å². The van der Waals surface area contributed by atoms with Gasteiger partial charge in [0, 0.05) is 7.11 Å². The number of rotatable bonds is 8. The summed E-state index contributed by atoms with van der Waals surface area (Å²) >= 11 is 0. The molecule has 0 aliphatic rings. The molecule has 0 aliphatic carbocycles. The van der Waals surface area contributed by atoms with Crippen LogP contribution in [0.2, 0.25) is 0 Å². The second kappa shape index (κ2) is 8.09. The Hall–Kier alpha value is -1.06. The molecule has 0 aliphatic heterocycles. The van der Waals surface area contributed by atoms with Gasteiger partial charge in [0.2, 0.25) is 0 Å². The Labute approximate surface area is 103 Å². The molecule has 1 aromatic rings. The third-order valence-corrected chi connectivity index (χ3v) is 2.58. The largest absolute Gasteiger partial charge is 0.491 e. The van der Waals surface area contributed by atoms with Gasteiger partial charge in [0.05, 0.1) is 12.7 Å². The summed E-state index contributed by atoms with van der Waals surface area (Å²) < 4.78 is 10.5. The highest BCUT2D eigenvalue weighted by Gasteiger charge is 2.03. The molecule has 0 heterocycles. The normalized spacial score (nSPS) is 12.4. The van der Waals surface area contributed by atoms with Crippen molar-refractivity contribution in [3.05, 3.63) is 29.8 Å². The number of hydrogen-bond donors (Lipinski definition) is 1. The molecule has 0 spiro atoms. The van der Waals surface area contributed by atoms with Crippen LogP contribution < -0.4 is 4.74 Å². The number of aliphatic hydroxyl groups excluding tert-OH is 1. The lowest BCUT2D eigenvalue weighted by molar-refractivity contribution is 0.0993. The molecule has 17 heavy (non-hydrogen) atoms. The van der Waals surface area contributed by atoms with Gasteiger partial charge in [0.15, 0.2) is 0 Å². The van der Waals surface area contributed by atoms with Crippen molar-refractivity contribution >= 4 is 0 Å². The van der Waals surface area contributed by atoms with E-state index in [1.807, 2.05) is 31.2 Å². The molecule has 1 rings (SSSR count). The van der Waals surface area contributed by atoms with Crippen LogP contribution in [-0.4, -0.2) is 31.5 Å². The molecule has 0 radical (unpaired) electrons. The summed E-state index contributed by atoms with van der Waals surface area (Å²) in [7, 11) is 1.70. The highest BCUT2D eigenvalue weighted by molar-refractivity contribution is 5.27. The van der Waals surface area contributed by atoms with E-state index in [0.29, 0.717) is 6.61 Å². The first-order valence-electron chi connectivity index (χ1n) is 6.15. The summed E-state index contributed by atoms with van der Waals surface area (Å²) in [5.74, 6) is 0.807. The fraction of sp³-hybridized carbons (Fsp3) is 0.571. The first kappa shape index (κ1) is 14.0. The van der Waals surface area contributed by atoms with Gasteiger partial charge in [0.1, 0.15) is 12.4 Å². The van der Waals surface area contributed by atoms with Crippen LogP contribution in [0.25, 0.3) is 0 Å². The first-order chi connectivity index (χ1) is 8.26. The summed E-state index contributed by atoms with van der Waals surface area (Å²) in [6, 6.07) is 7.93. The van der Waals surface area contributed by atoms with Gasteiger partial charge < -0.3 is 14.6 Å². The molecule has 3 nitrogen and oxygen atoms in total. The minimum absolute atomic E-state index is 0.366. The molecule has 3 heteroatoms. The number of methoxy groups -OCH3 is 1. The summed E-state index contributed by atoms with van der Waals surface area (Å²) in [6.45, 7) is 3.15. The minimum atomic E-state index is -0.367. The molecule has 0 aromatic heterocycles. The zero-order chi connectivity index (χ0) is 12.5. The third-order valence-electron chi connectivity index (χ3n) is 2.58. The van der Waals surface area contributed by atoms with E-state index in [9.17, 15) is 5.11 Å². The van der Waals surface area contributed by atoms with Crippen molar-refractivity contribution < 1.29 is 14.6 Å². The van der Waals surface area contributed by atoms with Crippen LogP contribution in [0.5, 0.6) is 5.75 Å². The molecule has 0 amide bonds. The summed E-state index contributed by atoms with van der Waals surface area (Å²) in [6.07, 6.45) is 2.30. The Morgan fingerprint density at radius 1 is 1.24 bits per heavy atom. The third kappa shape index (κ3) is 5.71. The smallest absolute Gasteiger partial charge is 0.119 e. The van der Waals surface area contributed by atoms with Crippen LogP contribution in [0.4, 0.5) is 0 Å². The van der Waals surface area contributed by atoms with Crippen LogP contribution in [0.3, 0.4) is 0 Å². The van der Waals surface area contributed by atoms with E-state index in [4.69, 9.17) is 9.47 Å². The van der Waals surface area contributed by atoms with E-state index in [2.05, 4.69) is 0 Å². The second-order valence-corrected chi connectivity index (χ2v) is 4.14. The summed E-state index contributed by atoms with van der Waals surface area (Å²) in [4.78, 5) is 0. The maximum atomic E-state index is 9.54. The Balaban J connectivity index is 2.34. The average Bonchev–Trinajstić information content (AvgIpc) is 2.35. The van der Waals surface area contributed by atoms with Gasteiger partial charge in [-0.2, -0.15) is 0 Å². The lowest BCUT2D eigenvalue weighted by atomic mass is 10.1. The van der Waals surface area contributed by atoms with Crippen LogP contribution in [-0.2, 0) is 11.2 Å². The van der Waals surface area contributed by atoms with Gasteiger partial charge in [-0.15, -0.1) is 0 Å². The van der Waals surface area contributed by atoms with E-state index >= 15 is 0 Å². The maximum absolute atomic E-state index is 9.54. The molecule has 1 unspecified atom stereocenters. The van der Waals surface area contributed by atoms with Crippen molar-refractivity contribution in [3.8, 4) is 5.75 Å². The average molecular weight is 238 g/mol. The molecule has 96 valence electrons. The Morgan fingerprint density at radius 3 is 2.53 bits per heavy atom. The molecule has 1 atom stereocenters. The Kier molecular flexibility index (Phi) is 6.67. The molecule has 0 bridgehead atoms. The van der Waals surface area contributed by atoms with Crippen molar-refractivity contribution in [3.63, 3.8) is 0 Å². The highest BCUT2D eigenvalue weighted by Crippen LogP contribution is 2.13. The predicted octanol–water partition coefficient (Wildman–Crippen LogP) is 2.42. The van der Waals surface area contributed by atoms with Crippen molar-refractivity contribution in [2.75, 3.05) is 20.3 Å². The first-order valence-corrected chi connectivity index (χ1v) is 6.15. The summed E-state index contributed by atoms with van der Waals surface area (Å²) in [5.41, 5.74) is 1.23. The lowest BCUT2D eigenvalue weighted by Gasteiger charge is -2.11. The quantitative estimate of drug-likeness (QED) is 0.756. The van der Waals surface area contributed by atoms with E-state index < -0.39 is 0 Å². The Bertz CT molecular complexity index is 295. The van der Waals surface area contributed by atoms with E-state index in [0.717, 1.165) is 31.6 Å². The van der Waals surface area contributed by atoms with Gasteiger partial charge >= 0.3 is 0 Å². The number of benzene rings is 1. The molecular weight excluding hydrogens is 216 g/mol. The monoisotopic (exact) mass is 238 g/mol. The van der Waals surface area contributed by atoms with Gasteiger partial charge in [-0.3, -0.25) is 0 Å². The fourth-order valence-corrected chi connectivity index (χ4v) is 1.58. The van der Waals surface area contributed by atoms with Crippen LogP contribution in [0.1, 0.15) is 25.3 Å². The van der Waals surface area contributed by atoms with Crippen molar-refractivity contribution in [1.82, 2.24) is 0 Å². The highest BCUT2D eigenvalue weighted by atomic mass is 16.5. The maximum Gasteiger partial charge on any atom is 0.119 e. The van der Waals surface area contributed by atoms with Gasteiger partial charge in [-0.05, 0) is 30.5 Å². The SMILES string of the molecule is CCCC(O)COc1ccc(CCOC)cc1. The number of ether oxygens (including phenoxy) is 2. The Morgan fingerprint density at radius 2 is 1.94 bits per heavy atom. The number of aliphatic hydroxyl groups is 1. The zero-order valence-corrected chi connectivity index (χ0v) is 10.7. The van der Waals surface area contributed by atoms with Crippen LogP contribution in [0.15, 0.2) is 24.3 Å². The van der Waals surface area contributed by atoms with Crippen molar-refractivity contribution in [2.24, 2.45) is 0 Å². The van der Waals surface area contributed by atoms with Crippen molar-refractivity contribution in [2.45, 2.75) is 32.3 Å². The topological polar surface area (TPSA) is 38.7 Å². The van der Waals surface area contributed by atoms with E-state index in [1.165, 1.54) is 5.56 Å². The zero-order valence-electron chi connectivity index (χ0n) is 10.7. The predicted molar refractivity (Wildman–Crippen MR) is 68.4 cm³/mol. The number of hydrogen-bond acceptors (Lipinski definition) is 3. The molecule has 0 saturated carbocycles. The van der Waals surface area contributed by atoms with Gasteiger partial charge in [0.25, 0.3) is 0 Å². The standard InChI is InChI=1S/C14H22O3/c1-3-4-13(15)11-17-14-7-5-12(6-8-14)9-10-16-2/h5-8,13,15H,3-4,9-11H2,1-2H3. The molecule has 0 saturated heterocycles. The summed E-state index contributed by atoms with van der Waals surface area (Å²) in [5, 5.41) is 9.54.